The van der Waals surface area contributed by atoms with Gasteiger partial charge in [-0.15, -0.1) is 0 Å². The molecular weight excluding hydrogens is 349 g/mol. The Morgan fingerprint density at radius 2 is 1.26 bits per heavy atom. The molecule has 0 spiro atoms. The highest BCUT2D eigenvalue weighted by molar-refractivity contribution is 7.92. The first-order chi connectivity index (χ1) is 10.6. The summed E-state index contributed by atoms with van der Waals surface area (Å²) in [6.07, 6.45) is 0. The molecular formula is C12H6F5NO4S. The van der Waals surface area contributed by atoms with Gasteiger partial charge in [-0.2, -0.15) is 0 Å². The van der Waals surface area contributed by atoms with Crippen LogP contribution in [0.2, 0.25) is 0 Å². The molecule has 23 heavy (non-hydrogen) atoms. The van der Waals surface area contributed by atoms with Crippen molar-refractivity contribution in [3.05, 3.63) is 47.3 Å². The second kappa shape index (κ2) is 5.57. The van der Waals surface area contributed by atoms with Crippen LogP contribution in [0.15, 0.2) is 23.1 Å². The van der Waals surface area contributed by atoms with Crippen LogP contribution in [-0.4, -0.2) is 18.6 Å². The summed E-state index contributed by atoms with van der Waals surface area (Å²) in [6.45, 7) is 0. The molecule has 2 aromatic carbocycles. The summed E-state index contributed by atoms with van der Waals surface area (Å²) in [4.78, 5) is -0.781. The van der Waals surface area contributed by atoms with Crippen LogP contribution in [0.1, 0.15) is 0 Å². The zero-order chi connectivity index (χ0) is 17.5. The standard InChI is InChI=1S/C12H6F5NO4S/c13-7-8(14)10(16)12(11(17)9(7)15)18-23(21,22)4-1-2-5(19)6(20)3-4/h1-3,18-20H. The van der Waals surface area contributed by atoms with E-state index < -0.39 is 61.2 Å². The van der Waals surface area contributed by atoms with E-state index in [0.717, 1.165) is 12.1 Å². The first kappa shape index (κ1) is 16.8. The lowest BCUT2D eigenvalue weighted by atomic mass is 10.2. The van der Waals surface area contributed by atoms with E-state index >= 15 is 0 Å². The van der Waals surface area contributed by atoms with Gasteiger partial charge in [-0.3, -0.25) is 4.72 Å². The molecule has 124 valence electrons. The number of anilines is 1. The Morgan fingerprint density at radius 3 is 1.74 bits per heavy atom. The molecule has 2 aromatic rings. The number of hydrogen-bond donors (Lipinski definition) is 3. The van der Waals surface area contributed by atoms with Gasteiger partial charge in [0.15, 0.2) is 34.8 Å². The molecule has 0 amide bonds. The molecule has 0 aromatic heterocycles. The van der Waals surface area contributed by atoms with Crippen molar-refractivity contribution >= 4 is 15.7 Å². The number of benzene rings is 2. The molecule has 0 aliphatic heterocycles. The van der Waals surface area contributed by atoms with Crippen LogP contribution in [0, 0.1) is 29.1 Å². The van der Waals surface area contributed by atoms with Crippen LogP contribution in [0.4, 0.5) is 27.6 Å². The zero-order valence-electron chi connectivity index (χ0n) is 10.7. The van der Waals surface area contributed by atoms with Crippen molar-refractivity contribution in [2.75, 3.05) is 4.72 Å². The van der Waals surface area contributed by atoms with E-state index in [0.29, 0.717) is 6.07 Å². The average Bonchev–Trinajstić information content (AvgIpc) is 2.50. The largest absolute Gasteiger partial charge is 0.504 e. The SMILES string of the molecule is O=S(=O)(Nc1c(F)c(F)c(F)c(F)c1F)c1ccc(O)c(O)c1. The maximum atomic E-state index is 13.5. The van der Waals surface area contributed by atoms with Gasteiger partial charge in [-0.25, -0.2) is 30.4 Å². The summed E-state index contributed by atoms with van der Waals surface area (Å²) in [7, 11) is -4.80. The van der Waals surface area contributed by atoms with Crippen molar-refractivity contribution in [2.24, 2.45) is 0 Å². The van der Waals surface area contributed by atoms with Gasteiger partial charge in [-0.1, -0.05) is 0 Å². The highest BCUT2D eigenvalue weighted by Gasteiger charge is 2.29. The smallest absolute Gasteiger partial charge is 0.262 e. The molecule has 2 rings (SSSR count). The van der Waals surface area contributed by atoms with Gasteiger partial charge < -0.3 is 10.2 Å². The van der Waals surface area contributed by atoms with Crippen molar-refractivity contribution in [3.8, 4) is 11.5 Å². The number of hydrogen-bond acceptors (Lipinski definition) is 4. The van der Waals surface area contributed by atoms with E-state index in [-0.39, 0.29) is 0 Å². The molecule has 0 fully saturated rings. The summed E-state index contributed by atoms with van der Waals surface area (Å²) >= 11 is 0. The number of halogens is 5. The van der Waals surface area contributed by atoms with Crippen LogP contribution in [0.3, 0.4) is 0 Å². The molecule has 0 saturated heterocycles. The highest BCUT2D eigenvalue weighted by atomic mass is 32.2. The number of phenols is 2. The predicted octanol–water partition coefficient (Wildman–Crippen LogP) is 2.59. The van der Waals surface area contributed by atoms with Crippen LogP contribution in [0.25, 0.3) is 0 Å². The molecule has 0 aliphatic rings. The maximum Gasteiger partial charge on any atom is 0.262 e. The van der Waals surface area contributed by atoms with Crippen molar-refractivity contribution in [1.82, 2.24) is 0 Å². The molecule has 0 radical (unpaired) electrons. The molecule has 0 bridgehead atoms. The molecule has 0 unspecified atom stereocenters. The summed E-state index contributed by atoms with van der Waals surface area (Å²) in [5.74, 6) is -13.4. The first-order valence-electron chi connectivity index (χ1n) is 5.62. The van der Waals surface area contributed by atoms with Crippen LogP contribution >= 0.6 is 0 Å². The van der Waals surface area contributed by atoms with Crippen LogP contribution < -0.4 is 4.72 Å². The van der Waals surface area contributed by atoms with E-state index in [2.05, 4.69) is 0 Å². The van der Waals surface area contributed by atoms with Gasteiger partial charge in [-0.05, 0) is 12.1 Å². The van der Waals surface area contributed by atoms with E-state index in [1.807, 2.05) is 0 Å². The minimum atomic E-state index is -4.80. The highest BCUT2D eigenvalue weighted by Crippen LogP contribution is 2.31. The summed E-state index contributed by atoms with van der Waals surface area (Å²) in [5.41, 5.74) is -1.77. The van der Waals surface area contributed by atoms with Crippen molar-refractivity contribution in [2.45, 2.75) is 4.90 Å². The van der Waals surface area contributed by atoms with Gasteiger partial charge in [0.05, 0.1) is 4.90 Å². The summed E-state index contributed by atoms with van der Waals surface area (Å²) in [6, 6.07) is 2.01. The molecule has 0 atom stereocenters. The Balaban J connectivity index is 2.56. The fraction of sp³-hybridized carbons (Fsp3) is 0. The third-order valence-electron chi connectivity index (χ3n) is 2.70. The third kappa shape index (κ3) is 2.86. The third-order valence-corrected chi connectivity index (χ3v) is 4.05. The van der Waals surface area contributed by atoms with Gasteiger partial charge in [0.2, 0.25) is 5.82 Å². The topological polar surface area (TPSA) is 86.6 Å². The lowest BCUT2D eigenvalue weighted by Crippen LogP contribution is -2.17. The Morgan fingerprint density at radius 1 is 0.783 bits per heavy atom. The number of rotatable bonds is 3. The lowest BCUT2D eigenvalue weighted by molar-refractivity contribution is 0.382. The quantitative estimate of drug-likeness (QED) is 0.342. The lowest BCUT2D eigenvalue weighted by Gasteiger charge is -2.12. The van der Waals surface area contributed by atoms with Gasteiger partial charge in [0, 0.05) is 6.07 Å². The van der Waals surface area contributed by atoms with Gasteiger partial charge >= 0.3 is 0 Å². The molecule has 0 saturated carbocycles. The number of nitrogens with one attached hydrogen (secondary N) is 1. The van der Waals surface area contributed by atoms with Crippen molar-refractivity contribution in [3.63, 3.8) is 0 Å². The molecule has 5 nitrogen and oxygen atoms in total. The van der Waals surface area contributed by atoms with E-state index in [4.69, 9.17) is 5.11 Å². The van der Waals surface area contributed by atoms with Crippen LogP contribution in [-0.2, 0) is 10.0 Å². The second-order valence-electron chi connectivity index (χ2n) is 4.20. The fourth-order valence-electron chi connectivity index (χ4n) is 1.56. The minimum Gasteiger partial charge on any atom is -0.504 e. The summed E-state index contributed by atoms with van der Waals surface area (Å²) in [5, 5.41) is 18.3. The van der Waals surface area contributed by atoms with E-state index in [9.17, 15) is 35.5 Å². The Kier molecular flexibility index (Phi) is 4.07. The van der Waals surface area contributed by atoms with Crippen molar-refractivity contribution < 1.29 is 40.6 Å². The Bertz CT molecular complexity index is 872. The Hall–Kier alpha value is -2.56. The second-order valence-corrected chi connectivity index (χ2v) is 5.88. The number of sulfonamides is 1. The van der Waals surface area contributed by atoms with E-state index in [1.54, 1.807) is 0 Å². The van der Waals surface area contributed by atoms with Gasteiger partial charge in [0.25, 0.3) is 10.0 Å². The molecule has 11 heteroatoms. The monoisotopic (exact) mass is 355 g/mol. The number of aromatic hydroxyl groups is 2. The minimum absolute atomic E-state index is 0.518. The Labute approximate surface area is 125 Å². The van der Waals surface area contributed by atoms with Crippen molar-refractivity contribution in [1.29, 1.82) is 0 Å². The molecule has 3 N–H and O–H groups in total. The summed E-state index contributed by atoms with van der Waals surface area (Å²) < 4.78 is 90.9. The number of phenolic OH excluding ortho intramolecular Hbond substituents is 2. The first-order valence-corrected chi connectivity index (χ1v) is 7.10. The normalized spacial score (nSPS) is 11.5. The predicted molar refractivity (Wildman–Crippen MR) is 66.8 cm³/mol. The maximum absolute atomic E-state index is 13.5. The average molecular weight is 355 g/mol. The van der Waals surface area contributed by atoms with E-state index in [1.165, 1.54) is 4.72 Å². The molecule has 0 heterocycles. The van der Waals surface area contributed by atoms with Gasteiger partial charge in [0.1, 0.15) is 5.69 Å². The molecule has 0 aliphatic carbocycles. The fourth-order valence-corrected chi connectivity index (χ4v) is 2.64. The van der Waals surface area contributed by atoms with Crippen LogP contribution in [0.5, 0.6) is 11.5 Å². The zero-order valence-corrected chi connectivity index (χ0v) is 11.6.